The fourth-order valence-electron chi connectivity index (χ4n) is 2.18. The van der Waals surface area contributed by atoms with Gasteiger partial charge in [-0.3, -0.25) is 4.98 Å². The lowest BCUT2D eigenvalue weighted by atomic mass is 10.1. The van der Waals surface area contributed by atoms with Crippen LogP contribution in [0.3, 0.4) is 0 Å². The maximum Gasteiger partial charge on any atom is 0.198 e. The van der Waals surface area contributed by atoms with Crippen molar-refractivity contribution in [1.29, 1.82) is 0 Å². The number of rotatable bonds is 2. The van der Waals surface area contributed by atoms with Crippen LogP contribution in [-0.4, -0.2) is 30.1 Å². The molecular weight excluding hydrogens is 286 g/mol. The van der Waals surface area contributed by atoms with E-state index in [0.29, 0.717) is 5.65 Å². The summed E-state index contributed by atoms with van der Waals surface area (Å²) in [5.74, 6) is 0.272. The molecule has 0 unspecified atom stereocenters. The van der Waals surface area contributed by atoms with Crippen molar-refractivity contribution >= 4 is 28.2 Å². The fourth-order valence-corrected chi connectivity index (χ4v) is 3.16. The van der Waals surface area contributed by atoms with Crippen molar-refractivity contribution < 1.29 is 5.11 Å². The topological polar surface area (TPSA) is 76.2 Å². The second-order valence-corrected chi connectivity index (χ2v) is 5.49. The van der Waals surface area contributed by atoms with Gasteiger partial charge >= 0.3 is 0 Å². The SMILES string of the molecule is Oc1ccc(Sc2cncc3nnnn23)c2ccccc12. The van der Waals surface area contributed by atoms with E-state index in [2.05, 4.69) is 20.5 Å². The molecule has 2 aromatic heterocycles. The van der Waals surface area contributed by atoms with E-state index in [1.807, 2.05) is 30.3 Å². The van der Waals surface area contributed by atoms with Gasteiger partial charge in [0.05, 0.1) is 12.4 Å². The van der Waals surface area contributed by atoms with Gasteiger partial charge in [-0.1, -0.05) is 36.0 Å². The molecule has 6 nitrogen and oxygen atoms in total. The fraction of sp³-hybridized carbons (Fsp3) is 0. The molecule has 4 rings (SSSR count). The van der Waals surface area contributed by atoms with Gasteiger partial charge < -0.3 is 5.11 Å². The number of hydrogen-bond acceptors (Lipinski definition) is 6. The maximum atomic E-state index is 9.94. The van der Waals surface area contributed by atoms with E-state index in [1.165, 1.54) is 11.8 Å². The predicted octanol–water partition coefficient (Wildman–Crippen LogP) is 2.53. The van der Waals surface area contributed by atoms with Crippen LogP contribution >= 0.6 is 11.8 Å². The largest absolute Gasteiger partial charge is 0.507 e. The smallest absolute Gasteiger partial charge is 0.198 e. The summed E-state index contributed by atoms with van der Waals surface area (Å²) in [6.45, 7) is 0. The number of phenolic OH excluding ortho intramolecular Hbond substituents is 1. The molecule has 0 fully saturated rings. The molecule has 1 N–H and O–H groups in total. The lowest BCUT2D eigenvalue weighted by Gasteiger charge is -2.08. The molecule has 0 aliphatic heterocycles. The van der Waals surface area contributed by atoms with E-state index in [0.717, 1.165) is 20.7 Å². The second-order valence-electron chi connectivity index (χ2n) is 4.42. The third-order valence-electron chi connectivity index (χ3n) is 3.15. The van der Waals surface area contributed by atoms with E-state index in [9.17, 15) is 5.11 Å². The van der Waals surface area contributed by atoms with Crippen molar-refractivity contribution in [3.63, 3.8) is 0 Å². The van der Waals surface area contributed by atoms with Gasteiger partial charge in [-0.05, 0) is 27.9 Å². The Hall–Kier alpha value is -2.67. The van der Waals surface area contributed by atoms with Crippen molar-refractivity contribution in [3.05, 3.63) is 48.8 Å². The van der Waals surface area contributed by atoms with Crippen molar-refractivity contribution in [2.24, 2.45) is 0 Å². The molecule has 0 amide bonds. The second kappa shape index (κ2) is 4.71. The summed E-state index contributed by atoms with van der Waals surface area (Å²) in [5, 5.41) is 24.0. The minimum atomic E-state index is 0.272. The van der Waals surface area contributed by atoms with Gasteiger partial charge in [-0.25, -0.2) is 0 Å². The Labute approximate surface area is 123 Å². The molecule has 0 saturated heterocycles. The monoisotopic (exact) mass is 295 g/mol. The Bertz CT molecular complexity index is 952. The Kier molecular flexibility index (Phi) is 2.71. The van der Waals surface area contributed by atoms with Gasteiger partial charge in [0, 0.05) is 10.3 Å². The van der Waals surface area contributed by atoms with Crippen molar-refractivity contribution in [3.8, 4) is 5.75 Å². The molecule has 0 atom stereocenters. The van der Waals surface area contributed by atoms with Gasteiger partial charge in [0.25, 0.3) is 0 Å². The first kappa shape index (κ1) is 12.1. The number of benzene rings is 2. The van der Waals surface area contributed by atoms with Crippen molar-refractivity contribution in [1.82, 2.24) is 25.0 Å². The van der Waals surface area contributed by atoms with Crippen LogP contribution in [0.5, 0.6) is 5.75 Å². The summed E-state index contributed by atoms with van der Waals surface area (Å²) in [7, 11) is 0. The Morgan fingerprint density at radius 2 is 1.86 bits per heavy atom. The first-order chi connectivity index (χ1) is 10.3. The minimum Gasteiger partial charge on any atom is -0.507 e. The lowest BCUT2D eigenvalue weighted by Crippen LogP contribution is -1.94. The number of nitrogens with zero attached hydrogens (tertiary/aromatic N) is 5. The van der Waals surface area contributed by atoms with Gasteiger partial charge in [-0.15, -0.1) is 5.10 Å². The lowest BCUT2D eigenvalue weighted by molar-refractivity contribution is 0.481. The Morgan fingerprint density at radius 3 is 2.76 bits per heavy atom. The van der Waals surface area contributed by atoms with Gasteiger partial charge in [-0.2, -0.15) is 4.52 Å². The third kappa shape index (κ3) is 1.98. The molecule has 0 bridgehead atoms. The van der Waals surface area contributed by atoms with Crippen LogP contribution in [0.15, 0.2) is 58.7 Å². The van der Waals surface area contributed by atoms with Gasteiger partial charge in [0.1, 0.15) is 10.8 Å². The van der Waals surface area contributed by atoms with E-state index in [4.69, 9.17) is 0 Å². The molecular formula is C14H9N5OS. The minimum absolute atomic E-state index is 0.272. The molecule has 0 aliphatic carbocycles. The average molecular weight is 295 g/mol. The summed E-state index contributed by atoms with van der Waals surface area (Å²) in [5.41, 5.74) is 0.600. The standard InChI is InChI=1S/C14H9N5OS/c20-11-5-6-12(10-4-2-1-3-9(10)11)21-14-8-15-7-13-16-17-18-19(13)14/h1-8,20H. The molecule has 0 radical (unpaired) electrons. The summed E-state index contributed by atoms with van der Waals surface area (Å²) in [4.78, 5) is 5.15. The number of tetrazole rings is 1. The van der Waals surface area contributed by atoms with Gasteiger partial charge in [0.15, 0.2) is 5.65 Å². The summed E-state index contributed by atoms with van der Waals surface area (Å²) < 4.78 is 1.64. The van der Waals surface area contributed by atoms with Crippen LogP contribution < -0.4 is 0 Å². The molecule has 2 aromatic carbocycles. The molecule has 0 saturated carbocycles. The molecule has 7 heteroatoms. The highest BCUT2D eigenvalue weighted by atomic mass is 32.2. The number of hydrogen-bond donors (Lipinski definition) is 1. The van der Waals surface area contributed by atoms with E-state index >= 15 is 0 Å². The molecule has 102 valence electrons. The first-order valence-corrected chi connectivity index (χ1v) is 7.05. The zero-order chi connectivity index (χ0) is 14.2. The quantitative estimate of drug-likeness (QED) is 0.612. The number of aromatic hydroxyl groups is 1. The highest BCUT2D eigenvalue weighted by Gasteiger charge is 2.10. The third-order valence-corrected chi connectivity index (χ3v) is 4.22. The molecule has 4 aromatic rings. The van der Waals surface area contributed by atoms with Gasteiger partial charge in [0.2, 0.25) is 0 Å². The summed E-state index contributed by atoms with van der Waals surface area (Å²) in [6, 6.07) is 11.3. The maximum absolute atomic E-state index is 9.94. The first-order valence-electron chi connectivity index (χ1n) is 6.23. The Balaban J connectivity index is 1.88. The average Bonchev–Trinajstić information content (AvgIpc) is 3.00. The van der Waals surface area contributed by atoms with Crippen molar-refractivity contribution in [2.45, 2.75) is 9.92 Å². The van der Waals surface area contributed by atoms with Crippen LogP contribution in [0.2, 0.25) is 0 Å². The normalized spacial score (nSPS) is 11.2. The predicted molar refractivity (Wildman–Crippen MR) is 78.3 cm³/mol. The number of fused-ring (bicyclic) bond motifs is 2. The highest BCUT2D eigenvalue weighted by molar-refractivity contribution is 7.99. The molecule has 2 heterocycles. The van der Waals surface area contributed by atoms with Crippen LogP contribution in [0.1, 0.15) is 0 Å². The van der Waals surface area contributed by atoms with E-state index in [1.54, 1.807) is 23.0 Å². The number of phenols is 1. The van der Waals surface area contributed by atoms with Crippen LogP contribution in [0.4, 0.5) is 0 Å². The van der Waals surface area contributed by atoms with Crippen LogP contribution in [0.25, 0.3) is 16.4 Å². The zero-order valence-electron chi connectivity index (χ0n) is 10.7. The van der Waals surface area contributed by atoms with Crippen LogP contribution in [0, 0.1) is 0 Å². The van der Waals surface area contributed by atoms with E-state index in [-0.39, 0.29) is 5.75 Å². The van der Waals surface area contributed by atoms with Crippen molar-refractivity contribution in [2.75, 3.05) is 0 Å². The summed E-state index contributed by atoms with van der Waals surface area (Å²) >= 11 is 1.51. The molecule has 0 spiro atoms. The summed E-state index contributed by atoms with van der Waals surface area (Å²) in [6.07, 6.45) is 3.33. The highest BCUT2D eigenvalue weighted by Crippen LogP contribution is 2.36. The molecule has 21 heavy (non-hydrogen) atoms. The zero-order valence-corrected chi connectivity index (χ0v) is 11.5. The number of aromatic nitrogens is 5. The van der Waals surface area contributed by atoms with E-state index < -0.39 is 0 Å². The Morgan fingerprint density at radius 1 is 1.00 bits per heavy atom. The van der Waals surface area contributed by atoms with Crippen LogP contribution in [-0.2, 0) is 0 Å². The molecule has 0 aliphatic rings.